The number of hydrogen-bond donors (Lipinski definition) is 1. The van der Waals surface area contributed by atoms with E-state index >= 15 is 0 Å². The van der Waals surface area contributed by atoms with Crippen LogP contribution in [0.2, 0.25) is 0 Å². The fourth-order valence-corrected chi connectivity index (χ4v) is 2.25. The second-order valence-electron chi connectivity index (χ2n) is 5.24. The number of hydrogen-bond acceptors (Lipinski definition) is 2. The summed E-state index contributed by atoms with van der Waals surface area (Å²) >= 11 is 0. The third-order valence-electron chi connectivity index (χ3n) is 3.19. The molecular weight excluding hydrogens is 234 g/mol. The molecule has 3 heteroatoms. The number of aromatic nitrogens is 2. The van der Waals surface area contributed by atoms with E-state index in [1.54, 1.807) is 0 Å². The third kappa shape index (κ3) is 4.87. The molecule has 0 fully saturated rings. The van der Waals surface area contributed by atoms with Gasteiger partial charge in [0.25, 0.3) is 0 Å². The van der Waals surface area contributed by atoms with Crippen LogP contribution in [0.15, 0.2) is 42.7 Å². The topological polar surface area (TPSA) is 43.8 Å². The second-order valence-corrected chi connectivity index (χ2v) is 5.24. The average Bonchev–Trinajstić information content (AvgIpc) is 2.83. The molecule has 0 aliphatic carbocycles. The van der Waals surface area contributed by atoms with Crippen LogP contribution in [0.1, 0.15) is 30.9 Å². The summed E-state index contributed by atoms with van der Waals surface area (Å²) in [5.74, 6) is 0. The van der Waals surface area contributed by atoms with Crippen LogP contribution in [0.25, 0.3) is 0 Å². The summed E-state index contributed by atoms with van der Waals surface area (Å²) in [7, 11) is 0. The van der Waals surface area contributed by atoms with E-state index in [0.29, 0.717) is 0 Å². The highest BCUT2D eigenvalue weighted by Gasteiger charge is 2.01. The number of aryl methyl sites for hydroxylation is 2. The molecule has 1 aromatic carbocycles. The molecule has 2 aromatic rings. The minimum Gasteiger partial charge on any atom is -0.328 e. The van der Waals surface area contributed by atoms with Gasteiger partial charge in [-0.25, -0.2) is 0 Å². The van der Waals surface area contributed by atoms with Crippen LogP contribution in [-0.2, 0) is 19.4 Å². The van der Waals surface area contributed by atoms with Crippen molar-refractivity contribution in [3.8, 4) is 0 Å². The smallest absolute Gasteiger partial charge is 0.0522 e. The molecule has 1 heterocycles. The van der Waals surface area contributed by atoms with E-state index in [1.165, 1.54) is 17.5 Å². The Morgan fingerprint density at radius 3 is 2.68 bits per heavy atom. The van der Waals surface area contributed by atoms with Gasteiger partial charge in [0.2, 0.25) is 0 Å². The Morgan fingerprint density at radius 2 is 1.95 bits per heavy atom. The van der Waals surface area contributed by atoms with E-state index in [1.807, 2.05) is 17.8 Å². The van der Waals surface area contributed by atoms with Crippen molar-refractivity contribution in [1.29, 1.82) is 0 Å². The van der Waals surface area contributed by atoms with Crippen molar-refractivity contribution in [2.75, 3.05) is 0 Å². The number of unbranched alkanes of at least 4 members (excludes halogenated alkanes) is 1. The number of rotatable bonds is 7. The Balaban J connectivity index is 1.69. The molecule has 0 bridgehead atoms. The van der Waals surface area contributed by atoms with Gasteiger partial charge in [0.15, 0.2) is 0 Å². The summed E-state index contributed by atoms with van der Waals surface area (Å²) < 4.78 is 2.03. The molecule has 1 unspecified atom stereocenters. The fraction of sp³-hybridized carbons (Fsp3) is 0.438. The molecule has 0 saturated carbocycles. The molecule has 1 aromatic heterocycles. The Labute approximate surface area is 115 Å². The van der Waals surface area contributed by atoms with Crippen LogP contribution in [0, 0.1) is 0 Å². The van der Waals surface area contributed by atoms with Crippen molar-refractivity contribution in [3.63, 3.8) is 0 Å². The minimum atomic E-state index is 0.204. The van der Waals surface area contributed by atoms with Gasteiger partial charge in [-0.1, -0.05) is 30.3 Å². The predicted molar refractivity (Wildman–Crippen MR) is 79.0 cm³/mol. The maximum atomic E-state index is 5.78. The first-order valence-electron chi connectivity index (χ1n) is 7.05. The Hall–Kier alpha value is -1.61. The second kappa shape index (κ2) is 7.10. The molecular formula is C16H23N3. The van der Waals surface area contributed by atoms with E-state index in [9.17, 15) is 0 Å². The van der Waals surface area contributed by atoms with Gasteiger partial charge in [0.05, 0.1) is 6.20 Å². The summed E-state index contributed by atoms with van der Waals surface area (Å²) in [5.41, 5.74) is 8.43. The van der Waals surface area contributed by atoms with Gasteiger partial charge in [-0.15, -0.1) is 0 Å². The van der Waals surface area contributed by atoms with Crippen LogP contribution >= 0.6 is 0 Å². The molecule has 1 atom stereocenters. The van der Waals surface area contributed by atoms with Crippen molar-refractivity contribution in [1.82, 2.24) is 9.78 Å². The summed E-state index contributed by atoms with van der Waals surface area (Å²) in [5, 5.41) is 4.37. The van der Waals surface area contributed by atoms with E-state index in [-0.39, 0.29) is 6.04 Å². The minimum absolute atomic E-state index is 0.204. The van der Waals surface area contributed by atoms with Crippen molar-refractivity contribution in [2.24, 2.45) is 5.73 Å². The van der Waals surface area contributed by atoms with Crippen LogP contribution in [0.4, 0.5) is 0 Å². The first-order valence-corrected chi connectivity index (χ1v) is 7.05. The first-order chi connectivity index (χ1) is 9.24. The van der Waals surface area contributed by atoms with E-state index in [4.69, 9.17) is 5.73 Å². The van der Waals surface area contributed by atoms with E-state index < -0.39 is 0 Å². The zero-order chi connectivity index (χ0) is 13.5. The average molecular weight is 257 g/mol. The molecule has 102 valence electrons. The number of nitrogens with two attached hydrogens (primary N) is 1. The first kappa shape index (κ1) is 13.8. The fourth-order valence-electron chi connectivity index (χ4n) is 2.25. The Kier molecular flexibility index (Phi) is 5.16. The molecule has 0 aliphatic rings. The van der Waals surface area contributed by atoms with Gasteiger partial charge in [-0.05, 0) is 43.7 Å². The molecule has 19 heavy (non-hydrogen) atoms. The van der Waals surface area contributed by atoms with Crippen LogP contribution in [0.5, 0.6) is 0 Å². The highest BCUT2D eigenvalue weighted by molar-refractivity contribution is 5.14. The molecule has 0 spiro atoms. The normalized spacial score (nSPS) is 12.5. The molecule has 2 rings (SSSR count). The van der Waals surface area contributed by atoms with Gasteiger partial charge in [0, 0.05) is 18.8 Å². The molecule has 3 nitrogen and oxygen atoms in total. The summed E-state index contributed by atoms with van der Waals surface area (Å²) in [6.45, 7) is 3.02. The predicted octanol–water partition coefficient (Wildman–Crippen LogP) is 2.80. The van der Waals surface area contributed by atoms with E-state index in [0.717, 1.165) is 25.8 Å². The SMILES string of the molecule is CC(N)Cc1cnn(CCCCc2ccccc2)c1. The van der Waals surface area contributed by atoms with Gasteiger partial charge in [-0.3, -0.25) is 4.68 Å². The summed E-state index contributed by atoms with van der Waals surface area (Å²) in [6.07, 6.45) is 8.46. The zero-order valence-corrected chi connectivity index (χ0v) is 11.6. The van der Waals surface area contributed by atoms with Crippen molar-refractivity contribution in [3.05, 3.63) is 53.9 Å². The Morgan fingerprint density at radius 1 is 1.16 bits per heavy atom. The largest absolute Gasteiger partial charge is 0.328 e. The molecule has 0 saturated heterocycles. The molecule has 2 N–H and O–H groups in total. The lowest BCUT2D eigenvalue weighted by Crippen LogP contribution is -2.17. The van der Waals surface area contributed by atoms with Crippen LogP contribution < -0.4 is 5.73 Å². The number of benzene rings is 1. The Bertz CT molecular complexity index is 474. The monoisotopic (exact) mass is 257 g/mol. The lowest BCUT2D eigenvalue weighted by atomic mass is 10.1. The van der Waals surface area contributed by atoms with Gasteiger partial charge >= 0.3 is 0 Å². The maximum Gasteiger partial charge on any atom is 0.0522 e. The van der Waals surface area contributed by atoms with E-state index in [2.05, 4.69) is 41.6 Å². The third-order valence-corrected chi connectivity index (χ3v) is 3.19. The summed E-state index contributed by atoms with van der Waals surface area (Å²) in [6, 6.07) is 10.8. The van der Waals surface area contributed by atoms with Crippen LogP contribution in [-0.4, -0.2) is 15.8 Å². The standard InChI is InChI=1S/C16H23N3/c1-14(17)11-16-12-18-19(13-16)10-6-5-9-15-7-3-2-4-8-15/h2-4,7-8,12-14H,5-6,9-11,17H2,1H3. The van der Waals surface area contributed by atoms with Gasteiger partial charge in [-0.2, -0.15) is 5.10 Å². The quantitative estimate of drug-likeness (QED) is 0.775. The lowest BCUT2D eigenvalue weighted by Gasteiger charge is -2.03. The van der Waals surface area contributed by atoms with Gasteiger partial charge in [0.1, 0.15) is 0 Å². The maximum absolute atomic E-state index is 5.78. The lowest BCUT2D eigenvalue weighted by molar-refractivity contribution is 0.557. The highest BCUT2D eigenvalue weighted by atomic mass is 15.3. The summed E-state index contributed by atoms with van der Waals surface area (Å²) in [4.78, 5) is 0. The molecule has 0 amide bonds. The van der Waals surface area contributed by atoms with Crippen molar-refractivity contribution >= 4 is 0 Å². The molecule has 0 radical (unpaired) electrons. The number of nitrogens with zero attached hydrogens (tertiary/aromatic N) is 2. The molecule has 0 aliphatic heterocycles. The van der Waals surface area contributed by atoms with Crippen molar-refractivity contribution in [2.45, 2.75) is 45.2 Å². The van der Waals surface area contributed by atoms with Crippen molar-refractivity contribution < 1.29 is 0 Å². The zero-order valence-electron chi connectivity index (χ0n) is 11.6. The highest BCUT2D eigenvalue weighted by Crippen LogP contribution is 2.06. The van der Waals surface area contributed by atoms with Crippen LogP contribution in [0.3, 0.4) is 0 Å². The van der Waals surface area contributed by atoms with Gasteiger partial charge < -0.3 is 5.73 Å².